The summed E-state index contributed by atoms with van der Waals surface area (Å²) in [6, 6.07) is 8.10. The van der Waals surface area contributed by atoms with E-state index in [0.717, 1.165) is 25.1 Å². The maximum absolute atomic E-state index is 11.8. The van der Waals surface area contributed by atoms with Gasteiger partial charge in [0.15, 0.2) is 0 Å². The Bertz CT molecular complexity index is 389. The fraction of sp³-hybridized carbons (Fsp3) is 0.462. The average Bonchev–Trinajstić information content (AvgIpc) is 2.32. The van der Waals surface area contributed by atoms with Crippen LogP contribution in [0.25, 0.3) is 0 Å². The Hall–Kier alpha value is -1.51. The van der Waals surface area contributed by atoms with Crippen LogP contribution in [0.2, 0.25) is 0 Å². The van der Waals surface area contributed by atoms with Crippen LogP contribution in [-0.2, 0) is 4.79 Å². The minimum Gasteiger partial charge on any atom is -0.361 e. The Balaban J connectivity index is 2.29. The second-order valence-corrected chi connectivity index (χ2v) is 4.22. The molecule has 0 bridgehead atoms. The van der Waals surface area contributed by atoms with E-state index in [2.05, 4.69) is 17.9 Å². The molecular formula is C13H18N2O. The van der Waals surface area contributed by atoms with E-state index in [1.54, 1.807) is 4.90 Å². The van der Waals surface area contributed by atoms with Crippen molar-refractivity contribution in [2.24, 2.45) is 0 Å². The summed E-state index contributed by atoms with van der Waals surface area (Å²) in [5.41, 5.74) is 2.20. The molecule has 1 aromatic rings. The quantitative estimate of drug-likeness (QED) is 0.777. The average molecular weight is 218 g/mol. The van der Waals surface area contributed by atoms with Crippen molar-refractivity contribution in [3.63, 3.8) is 0 Å². The van der Waals surface area contributed by atoms with Crippen molar-refractivity contribution in [2.45, 2.75) is 19.8 Å². The molecule has 2 rings (SSSR count). The highest BCUT2D eigenvalue weighted by molar-refractivity contribution is 6.02. The number of unbranched alkanes of at least 4 members (excludes halogenated alkanes) is 1. The molecule has 0 saturated heterocycles. The number of fused-ring (bicyclic) bond motifs is 1. The van der Waals surface area contributed by atoms with E-state index in [4.69, 9.17) is 0 Å². The third kappa shape index (κ3) is 1.90. The predicted molar refractivity (Wildman–Crippen MR) is 67.0 cm³/mol. The van der Waals surface area contributed by atoms with Gasteiger partial charge in [-0.3, -0.25) is 4.79 Å². The Morgan fingerprint density at radius 1 is 1.25 bits per heavy atom. The molecule has 86 valence electrons. The van der Waals surface area contributed by atoms with E-state index in [9.17, 15) is 4.79 Å². The summed E-state index contributed by atoms with van der Waals surface area (Å²) >= 11 is 0. The van der Waals surface area contributed by atoms with Crippen LogP contribution in [0.15, 0.2) is 24.3 Å². The van der Waals surface area contributed by atoms with Crippen molar-refractivity contribution in [3.05, 3.63) is 24.3 Å². The van der Waals surface area contributed by atoms with E-state index in [-0.39, 0.29) is 5.91 Å². The topological polar surface area (TPSA) is 23.6 Å². The largest absolute Gasteiger partial charge is 0.361 e. The van der Waals surface area contributed by atoms with Gasteiger partial charge in [0.25, 0.3) is 0 Å². The molecule has 0 aromatic heterocycles. The highest BCUT2D eigenvalue weighted by Gasteiger charge is 2.25. The van der Waals surface area contributed by atoms with Crippen LogP contribution < -0.4 is 9.80 Å². The van der Waals surface area contributed by atoms with Crippen molar-refractivity contribution in [2.75, 3.05) is 29.9 Å². The number of para-hydroxylation sites is 2. The molecule has 1 amide bonds. The summed E-state index contributed by atoms with van der Waals surface area (Å²) < 4.78 is 0. The number of benzene rings is 1. The maximum atomic E-state index is 11.8. The van der Waals surface area contributed by atoms with Crippen molar-refractivity contribution >= 4 is 17.3 Å². The van der Waals surface area contributed by atoms with E-state index in [1.807, 2.05) is 25.2 Å². The molecule has 0 N–H and O–H groups in total. The first-order valence-electron chi connectivity index (χ1n) is 5.84. The van der Waals surface area contributed by atoms with E-state index in [0.29, 0.717) is 6.54 Å². The highest BCUT2D eigenvalue weighted by atomic mass is 16.2. The molecule has 3 nitrogen and oxygen atoms in total. The number of carbonyl (C=O) groups is 1. The van der Waals surface area contributed by atoms with Gasteiger partial charge in [0, 0.05) is 13.6 Å². The molecule has 3 heteroatoms. The molecule has 1 heterocycles. The standard InChI is InChI=1S/C13H18N2O/c1-3-4-9-15-10-13(16)14(2)11-7-5-6-8-12(11)15/h5-8H,3-4,9-10H2,1-2H3. The van der Waals surface area contributed by atoms with Crippen LogP contribution in [-0.4, -0.2) is 26.0 Å². The fourth-order valence-electron chi connectivity index (χ4n) is 2.05. The van der Waals surface area contributed by atoms with Crippen LogP contribution in [0.4, 0.5) is 11.4 Å². The second-order valence-electron chi connectivity index (χ2n) is 4.22. The Morgan fingerprint density at radius 3 is 2.62 bits per heavy atom. The number of amides is 1. The van der Waals surface area contributed by atoms with Gasteiger partial charge >= 0.3 is 0 Å². The van der Waals surface area contributed by atoms with Gasteiger partial charge in [0.1, 0.15) is 0 Å². The second kappa shape index (κ2) is 4.56. The van der Waals surface area contributed by atoms with Crippen molar-refractivity contribution in [1.29, 1.82) is 0 Å². The molecule has 0 fully saturated rings. The number of nitrogens with zero attached hydrogens (tertiary/aromatic N) is 2. The molecule has 0 aliphatic carbocycles. The monoisotopic (exact) mass is 218 g/mol. The summed E-state index contributed by atoms with van der Waals surface area (Å²) in [4.78, 5) is 15.7. The zero-order valence-corrected chi connectivity index (χ0v) is 9.94. The van der Waals surface area contributed by atoms with E-state index in [1.165, 1.54) is 5.69 Å². The first-order valence-corrected chi connectivity index (χ1v) is 5.84. The van der Waals surface area contributed by atoms with Crippen molar-refractivity contribution in [1.82, 2.24) is 0 Å². The summed E-state index contributed by atoms with van der Waals surface area (Å²) in [5.74, 6) is 0.176. The van der Waals surface area contributed by atoms with Gasteiger partial charge in [-0.1, -0.05) is 25.5 Å². The minimum absolute atomic E-state index is 0.176. The lowest BCUT2D eigenvalue weighted by molar-refractivity contribution is -0.117. The van der Waals surface area contributed by atoms with Crippen LogP contribution in [0.5, 0.6) is 0 Å². The molecule has 0 spiro atoms. The Morgan fingerprint density at radius 2 is 1.94 bits per heavy atom. The van der Waals surface area contributed by atoms with Crippen LogP contribution in [0, 0.1) is 0 Å². The zero-order valence-electron chi connectivity index (χ0n) is 9.94. The summed E-state index contributed by atoms with van der Waals surface area (Å²) in [6.45, 7) is 3.64. The van der Waals surface area contributed by atoms with Gasteiger partial charge in [-0.05, 0) is 18.6 Å². The summed E-state index contributed by atoms with van der Waals surface area (Å²) in [7, 11) is 1.85. The highest BCUT2D eigenvalue weighted by Crippen LogP contribution is 2.32. The lowest BCUT2D eigenvalue weighted by atomic mass is 10.1. The van der Waals surface area contributed by atoms with Gasteiger partial charge in [-0.15, -0.1) is 0 Å². The van der Waals surface area contributed by atoms with Crippen molar-refractivity contribution in [3.8, 4) is 0 Å². The SMILES string of the molecule is CCCCN1CC(=O)N(C)c2ccccc21. The fourth-order valence-corrected chi connectivity index (χ4v) is 2.05. The molecule has 0 atom stereocenters. The number of carbonyl (C=O) groups excluding carboxylic acids is 1. The number of hydrogen-bond acceptors (Lipinski definition) is 2. The van der Waals surface area contributed by atoms with E-state index >= 15 is 0 Å². The minimum atomic E-state index is 0.176. The van der Waals surface area contributed by atoms with Gasteiger partial charge in [0.2, 0.25) is 5.91 Å². The molecule has 1 aromatic carbocycles. The van der Waals surface area contributed by atoms with Crippen LogP contribution >= 0.6 is 0 Å². The lowest BCUT2D eigenvalue weighted by Gasteiger charge is -2.35. The molecule has 0 unspecified atom stereocenters. The Kier molecular flexibility index (Phi) is 3.13. The number of rotatable bonds is 3. The van der Waals surface area contributed by atoms with E-state index < -0.39 is 0 Å². The zero-order chi connectivity index (χ0) is 11.5. The molecule has 0 radical (unpaired) electrons. The third-order valence-electron chi connectivity index (χ3n) is 3.07. The number of hydrogen-bond donors (Lipinski definition) is 0. The van der Waals surface area contributed by atoms with Crippen molar-refractivity contribution < 1.29 is 4.79 Å². The molecule has 16 heavy (non-hydrogen) atoms. The third-order valence-corrected chi connectivity index (χ3v) is 3.07. The maximum Gasteiger partial charge on any atom is 0.246 e. The molecule has 1 aliphatic rings. The Labute approximate surface area is 96.7 Å². The van der Waals surface area contributed by atoms with Gasteiger partial charge in [-0.2, -0.15) is 0 Å². The number of anilines is 2. The van der Waals surface area contributed by atoms with Gasteiger partial charge in [-0.25, -0.2) is 0 Å². The van der Waals surface area contributed by atoms with Crippen LogP contribution in [0.3, 0.4) is 0 Å². The summed E-state index contributed by atoms with van der Waals surface area (Å²) in [6.07, 6.45) is 2.29. The lowest BCUT2D eigenvalue weighted by Crippen LogP contribution is -2.44. The number of likely N-dealkylation sites (N-methyl/N-ethyl adjacent to an activating group) is 1. The summed E-state index contributed by atoms with van der Waals surface area (Å²) in [5, 5.41) is 0. The predicted octanol–water partition coefficient (Wildman–Crippen LogP) is 2.27. The van der Waals surface area contributed by atoms with Gasteiger partial charge < -0.3 is 9.80 Å². The first-order chi connectivity index (χ1) is 7.74. The molecule has 0 saturated carbocycles. The first kappa shape index (κ1) is 11.0. The van der Waals surface area contributed by atoms with Gasteiger partial charge in [0.05, 0.1) is 17.9 Å². The van der Waals surface area contributed by atoms with Crippen LogP contribution in [0.1, 0.15) is 19.8 Å². The molecule has 1 aliphatic heterocycles. The molecular weight excluding hydrogens is 200 g/mol. The normalized spacial score (nSPS) is 15.2. The smallest absolute Gasteiger partial charge is 0.246 e.